The number of hydrogen-bond donors (Lipinski definition) is 3. The molecule has 8 heteroatoms. The van der Waals surface area contributed by atoms with E-state index >= 15 is 0 Å². The standard InChI is InChI=1S/C15H25N5O3/c1-5-8-19(3)15(22)23-9-12(20(4)17)14(16)11-6-7-13(21)10(2)18-11/h6-7,21H,5,8-9,16-17H2,1-4H3/b14-12-. The van der Waals surface area contributed by atoms with Gasteiger partial charge in [-0.3, -0.25) is 0 Å². The molecule has 1 amide bonds. The first-order chi connectivity index (χ1) is 10.8. The molecule has 0 radical (unpaired) electrons. The summed E-state index contributed by atoms with van der Waals surface area (Å²) >= 11 is 0. The summed E-state index contributed by atoms with van der Waals surface area (Å²) in [6.45, 7) is 4.16. The van der Waals surface area contributed by atoms with Crippen molar-refractivity contribution in [2.45, 2.75) is 20.3 Å². The smallest absolute Gasteiger partial charge is 0.409 e. The molecule has 0 atom stereocenters. The first-order valence-electron chi connectivity index (χ1n) is 7.29. The molecular weight excluding hydrogens is 298 g/mol. The van der Waals surface area contributed by atoms with Gasteiger partial charge < -0.3 is 25.5 Å². The van der Waals surface area contributed by atoms with Crippen LogP contribution < -0.4 is 11.6 Å². The lowest BCUT2D eigenvalue weighted by atomic mass is 10.2. The van der Waals surface area contributed by atoms with Crippen molar-refractivity contribution < 1.29 is 14.6 Å². The molecule has 1 rings (SSSR count). The van der Waals surface area contributed by atoms with E-state index in [0.717, 1.165) is 6.42 Å². The Balaban J connectivity index is 2.95. The van der Waals surface area contributed by atoms with Gasteiger partial charge in [-0.05, 0) is 25.5 Å². The molecule has 5 N–H and O–H groups in total. The normalized spacial score (nSPS) is 11.7. The van der Waals surface area contributed by atoms with Crippen molar-refractivity contribution in [1.82, 2.24) is 14.9 Å². The van der Waals surface area contributed by atoms with Crippen LogP contribution in [0.3, 0.4) is 0 Å². The monoisotopic (exact) mass is 323 g/mol. The lowest BCUT2D eigenvalue weighted by molar-refractivity contribution is 0.113. The van der Waals surface area contributed by atoms with Crippen LogP contribution in [0, 0.1) is 6.92 Å². The highest BCUT2D eigenvalue weighted by Gasteiger charge is 2.15. The highest BCUT2D eigenvalue weighted by molar-refractivity contribution is 5.68. The van der Waals surface area contributed by atoms with E-state index in [-0.39, 0.29) is 18.1 Å². The molecule has 128 valence electrons. The van der Waals surface area contributed by atoms with Gasteiger partial charge in [0.15, 0.2) is 0 Å². The van der Waals surface area contributed by atoms with Crippen molar-refractivity contribution in [1.29, 1.82) is 0 Å². The Morgan fingerprint density at radius 2 is 2.04 bits per heavy atom. The van der Waals surface area contributed by atoms with E-state index in [1.807, 2.05) is 6.92 Å². The molecule has 0 aliphatic rings. The molecule has 0 saturated heterocycles. The Kier molecular flexibility index (Phi) is 6.65. The van der Waals surface area contributed by atoms with Gasteiger partial charge in [-0.15, -0.1) is 0 Å². The van der Waals surface area contributed by atoms with Crippen molar-refractivity contribution in [3.05, 3.63) is 29.2 Å². The quantitative estimate of drug-likeness (QED) is 0.528. The summed E-state index contributed by atoms with van der Waals surface area (Å²) in [6, 6.07) is 3.08. The molecule has 0 aliphatic heterocycles. The third kappa shape index (κ3) is 5.03. The first-order valence-corrected chi connectivity index (χ1v) is 7.29. The first kappa shape index (κ1) is 18.6. The summed E-state index contributed by atoms with van der Waals surface area (Å²) in [7, 11) is 3.26. The van der Waals surface area contributed by atoms with Crippen LogP contribution in [0.2, 0.25) is 0 Å². The molecule has 0 aromatic carbocycles. The van der Waals surface area contributed by atoms with Crippen LogP contribution in [0.25, 0.3) is 5.70 Å². The minimum absolute atomic E-state index is 0.0761. The highest BCUT2D eigenvalue weighted by Crippen LogP contribution is 2.19. The van der Waals surface area contributed by atoms with Gasteiger partial charge in [0.1, 0.15) is 12.4 Å². The fraction of sp³-hybridized carbons (Fsp3) is 0.467. The maximum atomic E-state index is 11.9. The number of aryl methyl sites for hydroxylation is 1. The van der Waals surface area contributed by atoms with Crippen molar-refractivity contribution in [2.24, 2.45) is 11.6 Å². The largest absolute Gasteiger partial charge is 0.506 e. The molecule has 0 saturated carbocycles. The van der Waals surface area contributed by atoms with Crippen LogP contribution in [0.4, 0.5) is 4.79 Å². The van der Waals surface area contributed by atoms with Crippen LogP contribution >= 0.6 is 0 Å². The molecule has 8 nitrogen and oxygen atoms in total. The van der Waals surface area contributed by atoms with Crippen molar-refractivity contribution in [3.8, 4) is 5.75 Å². The number of carbonyl (C=O) groups excluding carboxylic acids is 1. The van der Waals surface area contributed by atoms with Gasteiger partial charge in [-0.1, -0.05) is 6.92 Å². The molecule has 0 unspecified atom stereocenters. The number of likely N-dealkylation sites (N-methyl/N-ethyl adjacent to an activating group) is 1. The van der Waals surface area contributed by atoms with Crippen molar-refractivity contribution >= 4 is 11.8 Å². The van der Waals surface area contributed by atoms with E-state index in [2.05, 4.69) is 4.98 Å². The summed E-state index contributed by atoms with van der Waals surface area (Å²) in [6.07, 6.45) is 0.387. The predicted molar refractivity (Wildman–Crippen MR) is 88.0 cm³/mol. The number of hydrogen-bond acceptors (Lipinski definition) is 7. The van der Waals surface area contributed by atoms with E-state index in [1.54, 1.807) is 27.1 Å². The summed E-state index contributed by atoms with van der Waals surface area (Å²) in [4.78, 5) is 17.5. The maximum absolute atomic E-state index is 11.9. The second-order valence-corrected chi connectivity index (χ2v) is 5.25. The Morgan fingerprint density at radius 1 is 1.39 bits per heavy atom. The molecule has 1 aromatic heterocycles. The molecule has 23 heavy (non-hydrogen) atoms. The number of aromatic hydroxyl groups is 1. The lowest BCUT2D eigenvalue weighted by Crippen LogP contribution is -2.34. The van der Waals surface area contributed by atoms with Crippen molar-refractivity contribution in [2.75, 3.05) is 27.2 Å². The Hall–Kier alpha value is -2.48. The number of hydrazine groups is 1. The summed E-state index contributed by atoms with van der Waals surface area (Å²) in [5.41, 5.74) is 7.69. The zero-order chi connectivity index (χ0) is 17.6. The minimum Gasteiger partial charge on any atom is -0.506 e. The Labute approximate surface area is 136 Å². The fourth-order valence-electron chi connectivity index (χ4n) is 1.89. The van der Waals surface area contributed by atoms with Crippen molar-refractivity contribution in [3.63, 3.8) is 0 Å². The van der Waals surface area contributed by atoms with Gasteiger partial charge >= 0.3 is 6.09 Å². The second-order valence-electron chi connectivity index (χ2n) is 5.25. The van der Waals surface area contributed by atoms with Gasteiger partial charge in [0, 0.05) is 20.6 Å². The number of carbonyl (C=O) groups is 1. The minimum atomic E-state index is -0.450. The Morgan fingerprint density at radius 3 is 2.57 bits per heavy atom. The van der Waals surface area contributed by atoms with E-state index in [9.17, 15) is 9.90 Å². The maximum Gasteiger partial charge on any atom is 0.409 e. The topological polar surface area (TPSA) is 118 Å². The second kappa shape index (κ2) is 8.23. The summed E-state index contributed by atoms with van der Waals surface area (Å²) in [5.74, 6) is 5.86. The number of nitrogens with two attached hydrogens (primary N) is 2. The molecule has 0 spiro atoms. The average molecular weight is 323 g/mol. The number of nitrogens with zero attached hydrogens (tertiary/aromatic N) is 3. The highest BCUT2D eigenvalue weighted by atomic mass is 16.6. The number of amides is 1. The van der Waals surface area contributed by atoms with Crippen LogP contribution in [0.1, 0.15) is 24.7 Å². The SMILES string of the molecule is CCCN(C)C(=O)OC/C(=C(/N)c1ccc(O)c(C)n1)N(C)N. The average Bonchev–Trinajstić information content (AvgIpc) is 2.49. The predicted octanol–water partition coefficient (Wildman–Crippen LogP) is 1.01. The summed E-state index contributed by atoms with van der Waals surface area (Å²) < 4.78 is 5.23. The van der Waals surface area contributed by atoms with Crippen LogP contribution in [0.15, 0.2) is 17.8 Å². The number of rotatable bonds is 6. The third-order valence-electron chi connectivity index (χ3n) is 3.27. The van der Waals surface area contributed by atoms with Crippen LogP contribution in [-0.4, -0.2) is 53.3 Å². The van der Waals surface area contributed by atoms with E-state index in [0.29, 0.717) is 23.6 Å². The van der Waals surface area contributed by atoms with Gasteiger partial charge in [0.05, 0.1) is 22.8 Å². The van der Waals surface area contributed by atoms with Gasteiger partial charge in [0.25, 0.3) is 0 Å². The van der Waals surface area contributed by atoms with Gasteiger partial charge in [-0.2, -0.15) is 0 Å². The van der Waals surface area contributed by atoms with E-state index in [1.165, 1.54) is 16.0 Å². The lowest BCUT2D eigenvalue weighted by Gasteiger charge is -2.21. The fourth-order valence-corrected chi connectivity index (χ4v) is 1.89. The number of pyridine rings is 1. The van der Waals surface area contributed by atoms with E-state index in [4.69, 9.17) is 16.3 Å². The molecular formula is C15H25N5O3. The Bertz CT molecular complexity index is 586. The number of aromatic nitrogens is 1. The summed E-state index contributed by atoms with van der Waals surface area (Å²) in [5, 5.41) is 10.8. The molecule has 1 heterocycles. The van der Waals surface area contributed by atoms with Crippen LogP contribution in [-0.2, 0) is 4.74 Å². The molecule has 1 aromatic rings. The number of ether oxygens (including phenoxy) is 1. The van der Waals surface area contributed by atoms with Crippen LogP contribution in [0.5, 0.6) is 5.75 Å². The third-order valence-corrected chi connectivity index (χ3v) is 3.27. The zero-order valence-corrected chi connectivity index (χ0v) is 14.0. The van der Waals surface area contributed by atoms with Gasteiger partial charge in [-0.25, -0.2) is 15.6 Å². The molecule has 0 fully saturated rings. The molecule has 0 aliphatic carbocycles. The zero-order valence-electron chi connectivity index (χ0n) is 14.0. The van der Waals surface area contributed by atoms with E-state index < -0.39 is 6.09 Å². The van der Waals surface area contributed by atoms with Gasteiger partial charge in [0.2, 0.25) is 0 Å². The molecule has 0 bridgehead atoms.